The molecule has 0 heterocycles. The van der Waals surface area contributed by atoms with Gasteiger partial charge in [0.2, 0.25) is 0 Å². The van der Waals surface area contributed by atoms with Gasteiger partial charge in [-0.1, -0.05) is 0 Å². The average molecular weight is 364 g/mol. The zero-order valence-corrected chi connectivity index (χ0v) is 14.5. The van der Waals surface area contributed by atoms with E-state index < -0.39 is 11.9 Å². The van der Waals surface area contributed by atoms with Gasteiger partial charge in [-0.05, 0) is 49.9 Å². The van der Waals surface area contributed by atoms with Crippen molar-refractivity contribution in [3.05, 3.63) is 35.4 Å². The number of benzene rings is 1. The molecule has 1 aromatic rings. The van der Waals surface area contributed by atoms with Crippen molar-refractivity contribution in [1.82, 2.24) is 10.6 Å². The Balaban J connectivity index is 2.32. The molecule has 0 spiro atoms. The lowest BCUT2D eigenvalue weighted by molar-refractivity contribution is -0.138. The normalized spacial score (nSPS) is 10.2. The quantitative estimate of drug-likeness (QED) is 0.417. The van der Waals surface area contributed by atoms with Gasteiger partial charge in [-0.3, -0.25) is 19.2 Å². The van der Waals surface area contributed by atoms with E-state index in [2.05, 4.69) is 10.6 Å². The van der Waals surface area contributed by atoms with Crippen molar-refractivity contribution >= 4 is 23.8 Å². The van der Waals surface area contributed by atoms with Crippen LogP contribution < -0.4 is 10.6 Å². The number of unbranched alkanes of at least 4 members (excludes halogenated alkanes) is 2. The molecule has 0 atom stereocenters. The summed E-state index contributed by atoms with van der Waals surface area (Å²) in [6.07, 6.45) is 2.33. The lowest BCUT2D eigenvalue weighted by Gasteiger charge is -2.07. The van der Waals surface area contributed by atoms with Gasteiger partial charge in [-0.2, -0.15) is 0 Å². The van der Waals surface area contributed by atoms with Crippen molar-refractivity contribution in [2.24, 2.45) is 0 Å². The Labute approximate surface area is 151 Å². The van der Waals surface area contributed by atoms with Gasteiger partial charge >= 0.3 is 11.9 Å². The van der Waals surface area contributed by atoms with E-state index in [1.165, 1.54) is 0 Å². The molecule has 0 unspecified atom stereocenters. The number of hydrogen-bond acceptors (Lipinski definition) is 4. The van der Waals surface area contributed by atoms with Gasteiger partial charge in [0.15, 0.2) is 0 Å². The Bertz CT molecular complexity index is 572. The summed E-state index contributed by atoms with van der Waals surface area (Å²) >= 11 is 0. The number of hydrogen-bond donors (Lipinski definition) is 4. The van der Waals surface area contributed by atoms with Crippen LogP contribution in [0.15, 0.2) is 24.3 Å². The van der Waals surface area contributed by atoms with E-state index in [-0.39, 0.29) is 24.7 Å². The van der Waals surface area contributed by atoms with Gasteiger partial charge in [0.1, 0.15) is 0 Å². The molecule has 0 saturated heterocycles. The number of carboxylic acid groups (broad SMARTS) is 2. The van der Waals surface area contributed by atoms with Crippen LogP contribution in [0.3, 0.4) is 0 Å². The Morgan fingerprint density at radius 2 is 1.00 bits per heavy atom. The van der Waals surface area contributed by atoms with Crippen molar-refractivity contribution in [3.63, 3.8) is 0 Å². The maximum absolute atomic E-state index is 11.9. The van der Waals surface area contributed by atoms with Gasteiger partial charge < -0.3 is 20.8 Å². The molecule has 8 heteroatoms. The largest absolute Gasteiger partial charge is 0.481 e. The molecule has 0 aliphatic carbocycles. The molecule has 1 aromatic carbocycles. The number of rotatable bonds is 12. The standard InChI is InChI=1S/C18H24N2O6/c21-15(22)5-1-3-11-19-17(25)13-7-9-14(10-8-13)18(26)20-12-4-2-6-16(23)24/h7-10H,1-6,11-12H2,(H,19,25)(H,20,26)(H,21,22)(H,23,24). The molecular weight excluding hydrogens is 340 g/mol. The third-order valence-electron chi connectivity index (χ3n) is 3.62. The average Bonchev–Trinajstić information content (AvgIpc) is 2.60. The zero-order valence-electron chi connectivity index (χ0n) is 14.5. The smallest absolute Gasteiger partial charge is 0.303 e. The Morgan fingerprint density at radius 1 is 0.654 bits per heavy atom. The molecule has 2 amide bonds. The molecule has 0 aliphatic heterocycles. The maximum atomic E-state index is 11.9. The summed E-state index contributed by atoms with van der Waals surface area (Å²) in [7, 11) is 0. The molecule has 0 aromatic heterocycles. The monoisotopic (exact) mass is 364 g/mol. The van der Waals surface area contributed by atoms with Gasteiger partial charge in [-0.25, -0.2) is 0 Å². The first-order valence-corrected chi connectivity index (χ1v) is 8.50. The fourth-order valence-corrected chi connectivity index (χ4v) is 2.18. The number of carbonyl (C=O) groups excluding carboxylic acids is 2. The number of amides is 2. The third-order valence-corrected chi connectivity index (χ3v) is 3.62. The van der Waals surface area contributed by atoms with Crippen LogP contribution in [0.5, 0.6) is 0 Å². The van der Waals surface area contributed by atoms with Crippen LogP contribution >= 0.6 is 0 Å². The SMILES string of the molecule is O=C(O)CCCCNC(=O)c1ccc(C(=O)NCCCCC(=O)O)cc1. The van der Waals surface area contributed by atoms with Crippen LogP contribution in [0, 0.1) is 0 Å². The molecule has 0 bridgehead atoms. The third kappa shape index (κ3) is 8.81. The molecule has 142 valence electrons. The highest BCUT2D eigenvalue weighted by molar-refractivity contribution is 5.97. The van der Waals surface area contributed by atoms with E-state index in [4.69, 9.17) is 10.2 Å². The van der Waals surface area contributed by atoms with Crippen LogP contribution in [0.1, 0.15) is 59.2 Å². The highest BCUT2D eigenvalue weighted by Crippen LogP contribution is 2.05. The molecule has 0 fully saturated rings. The van der Waals surface area contributed by atoms with Crippen LogP contribution in [-0.4, -0.2) is 47.1 Å². The van der Waals surface area contributed by atoms with Crippen molar-refractivity contribution in [2.75, 3.05) is 13.1 Å². The number of carboxylic acids is 2. The van der Waals surface area contributed by atoms with Crippen molar-refractivity contribution < 1.29 is 29.4 Å². The highest BCUT2D eigenvalue weighted by atomic mass is 16.4. The number of carbonyl (C=O) groups is 4. The second-order valence-electron chi connectivity index (χ2n) is 5.79. The van der Waals surface area contributed by atoms with E-state index in [0.717, 1.165) is 0 Å². The summed E-state index contributed by atoms with van der Waals surface area (Å²) in [6.45, 7) is 0.787. The Kier molecular flexibility index (Phi) is 9.45. The molecule has 26 heavy (non-hydrogen) atoms. The summed E-state index contributed by atoms with van der Waals surface area (Å²) in [4.78, 5) is 44.7. The number of nitrogens with one attached hydrogen (secondary N) is 2. The molecule has 1 rings (SSSR count). The molecule has 0 radical (unpaired) electrons. The van der Waals surface area contributed by atoms with Gasteiger partial charge in [0, 0.05) is 37.1 Å². The lowest BCUT2D eigenvalue weighted by Crippen LogP contribution is -2.26. The van der Waals surface area contributed by atoms with Crippen LogP contribution in [0.25, 0.3) is 0 Å². The fourth-order valence-electron chi connectivity index (χ4n) is 2.18. The van der Waals surface area contributed by atoms with Crippen LogP contribution in [0.4, 0.5) is 0 Å². The van der Waals surface area contributed by atoms with Crippen molar-refractivity contribution in [2.45, 2.75) is 38.5 Å². The second kappa shape index (κ2) is 11.6. The van der Waals surface area contributed by atoms with E-state index >= 15 is 0 Å². The summed E-state index contributed by atoms with van der Waals surface area (Å²) in [5.74, 6) is -2.26. The molecule has 4 N–H and O–H groups in total. The van der Waals surface area contributed by atoms with Crippen LogP contribution in [0.2, 0.25) is 0 Å². The Hall–Kier alpha value is -2.90. The first-order chi connectivity index (χ1) is 12.4. The summed E-state index contributed by atoms with van der Waals surface area (Å²) < 4.78 is 0. The molecule has 8 nitrogen and oxygen atoms in total. The van der Waals surface area contributed by atoms with E-state index in [1.54, 1.807) is 24.3 Å². The fraction of sp³-hybridized carbons (Fsp3) is 0.444. The zero-order chi connectivity index (χ0) is 19.4. The van der Waals surface area contributed by atoms with Crippen molar-refractivity contribution in [3.8, 4) is 0 Å². The highest BCUT2D eigenvalue weighted by Gasteiger charge is 2.08. The van der Waals surface area contributed by atoms with Gasteiger partial charge in [-0.15, -0.1) is 0 Å². The first-order valence-electron chi connectivity index (χ1n) is 8.50. The summed E-state index contributed by atoms with van der Waals surface area (Å²) in [5.41, 5.74) is 0.836. The van der Waals surface area contributed by atoms with Crippen LogP contribution in [-0.2, 0) is 9.59 Å². The second-order valence-corrected chi connectivity index (χ2v) is 5.79. The predicted octanol–water partition coefficient (Wildman–Crippen LogP) is 1.66. The minimum Gasteiger partial charge on any atom is -0.481 e. The van der Waals surface area contributed by atoms with Gasteiger partial charge in [0.05, 0.1) is 0 Å². The molecule has 0 saturated carbocycles. The minimum atomic E-state index is -0.855. The Morgan fingerprint density at radius 3 is 1.31 bits per heavy atom. The molecular formula is C18H24N2O6. The first kappa shape index (κ1) is 21.1. The topological polar surface area (TPSA) is 133 Å². The number of aliphatic carboxylic acids is 2. The molecule has 0 aliphatic rings. The van der Waals surface area contributed by atoms with Crippen molar-refractivity contribution in [1.29, 1.82) is 0 Å². The summed E-state index contributed by atoms with van der Waals surface area (Å²) in [5, 5.41) is 22.5. The van der Waals surface area contributed by atoms with Gasteiger partial charge in [0.25, 0.3) is 11.8 Å². The lowest BCUT2D eigenvalue weighted by atomic mass is 10.1. The van der Waals surface area contributed by atoms with E-state index in [0.29, 0.717) is 49.9 Å². The van der Waals surface area contributed by atoms with E-state index in [9.17, 15) is 19.2 Å². The maximum Gasteiger partial charge on any atom is 0.303 e. The predicted molar refractivity (Wildman–Crippen MR) is 94.1 cm³/mol. The summed E-state index contributed by atoms with van der Waals surface area (Å²) in [6, 6.07) is 6.19. The van der Waals surface area contributed by atoms with E-state index in [1.807, 2.05) is 0 Å². The minimum absolute atomic E-state index is 0.0794.